The molecule has 2 atom stereocenters. The second-order valence-electron chi connectivity index (χ2n) is 22.3. The summed E-state index contributed by atoms with van der Waals surface area (Å²) in [4.78, 5) is 2.50. The Morgan fingerprint density at radius 1 is 0.449 bits per heavy atom. The van der Waals surface area contributed by atoms with Gasteiger partial charge in [-0.05, 0) is 136 Å². The van der Waals surface area contributed by atoms with Gasteiger partial charge in [0.05, 0.1) is 5.69 Å². The number of allylic oxidation sites excluding steroid dienone is 1. The highest BCUT2D eigenvalue weighted by atomic mass is 15.1. The van der Waals surface area contributed by atoms with Gasteiger partial charge in [0.25, 0.3) is 0 Å². The lowest BCUT2D eigenvalue weighted by atomic mass is 9.76. The highest BCUT2D eigenvalue weighted by Gasteiger charge is 2.36. The Labute approximate surface area is 410 Å². The van der Waals surface area contributed by atoms with Crippen LogP contribution in [0.15, 0.2) is 200 Å². The maximum Gasteiger partial charge on any atom is 0.0540 e. The first-order chi connectivity index (χ1) is 33.1. The fourth-order valence-corrected chi connectivity index (χ4v) is 11.4. The van der Waals surface area contributed by atoms with Crippen molar-refractivity contribution in [3.63, 3.8) is 0 Å². The van der Waals surface area contributed by atoms with Gasteiger partial charge in [0.15, 0.2) is 0 Å². The lowest BCUT2D eigenvalue weighted by Gasteiger charge is -2.30. The Hall–Kier alpha value is -7.22. The van der Waals surface area contributed by atoms with Gasteiger partial charge in [-0.2, -0.15) is 0 Å². The zero-order chi connectivity index (χ0) is 47.8. The number of para-hydroxylation sites is 1. The van der Waals surface area contributed by atoms with Crippen LogP contribution in [-0.2, 0) is 16.2 Å². The van der Waals surface area contributed by atoms with E-state index >= 15 is 0 Å². The molecule has 0 aromatic heterocycles. The molecule has 0 spiro atoms. The van der Waals surface area contributed by atoms with Crippen molar-refractivity contribution < 1.29 is 0 Å². The number of anilines is 3. The van der Waals surface area contributed by atoms with Gasteiger partial charge in [-0.1, -0.05) is 238 Å². The molecule has 2 aliphatic rings. The third kappa shape index (κ3) is 7.83. The van der Waals surface area contributed by atoms with Gasteiger partial charge in [-0.25, -0.2) is 0 Å². The molecule has 1 heteroatoms. The lowest BCUT2D eigenvalue weighted by Crippen LogP contribution is -2.17. The van der Waals surface area contributed by atoms with Crippen molar-refractivity contribution in [1.82, 2.24) is 0 Å². The summed E-state index contributed by atoms with van der Waals surface area (Å²) in [5.74, 6) is 0.771. The van der Waals surface area contributed by atoms with Crippen LogP contribution >= 0.6 is 0 Å². The smallest absolute Gasteiger partial charge is 0.0540 e. The third-order valence-electron chi connectivity index (χ3n) is 15.3. The van der Waals surface area contributed by atoms with E-state index in [1.165, 1.54) is 94.2 Å². The molecule has 0 saturated heterocycles. The van der Waals surface area contributed by atoms with Crippen LogP contribution in [0.1, 0.15) is 107 Å². The average molecular weight is 894 g/mol. The summed E-state index contributed by atoms with van der Waals surface area (Å²) in [5, 5.41) is 2.50. The van der Waals surface area contributed by atoms with Crippen LogP contribution < -0.4 is 4.90 Å². The largest absolute Gasteiger partial charge is 0.310 e. The van der Waals surface area contributed by atoms with Crippen molar-refractivity contribution in [1.29, 1.82) is 0 Å². The summed E-state index contributed by atoms with van der Waals surface area (Å²) in [6.07, 6.45) is 4.64. The van der Waals surface area contributed by atoms with E-state index in [1.54, 1.807) is 0 Å². The fourth-order valence-electron chi connectivity index (χ4n) is 11.4. The topological polar surface area (TPSA) is 3.24 Å². The first-order valence-corrected chi connectivity index (χ1v) is 24.9. The number of rotatable bonds is 7. The minimum atomic E-state index is -0.144. The van der Waals surface area contributed by atoms with Crippen molar-refractivity contribution in [2.24, 2.45) is 5.92 Å². The quantitative estimate of drug-likeness (QED) is 0.154. The monoisotopic (exact) mass is 893 g/mol. The van der Waals surface area contributed by atoms with Crippen LogP contribution in [0, 0.1) is 5.92 Å². The SMILES string of the molecule is CC1C=Cc2ccccc2C1c1ccc(-c2ccc(N(c3ccc4c(c3)C(C)(C)c3ccccc3-4)c3ccccc3-c3cccc4cccc(-c5cc(C(C)(C)C)cc(C(C)(C)C)c5)c34)cc2)cc1. The predicted octanol–water partition coefficient (Wildman–Crippen LogP) is 19.0. The van der Waals surface area contributed by atoms with Crippen molar-refractivity contribution >= 4 is 33.9 Å². The van der Waals surface area contributed by atoms with Crippen LogP contribution in [0.3, 0.4) is 0 Å². The van der Waals surface area contributed by atoms with Crippen LogP contribution in [-0.4, -0.2) is 0 Å². The number of nitrogens with zero attached hydrogens (tertiary/aromatic N) is 1. The molecular weight excluding hydrogens is 831 g/mol. The maximum absolute atomic E-state index is 2.50. The minimum Gasteiger partial charge on any atom is -0.310 e. The van der Waals surface area contributed by atoms with Gasteiger partial charge in [0, 0.05) is 28.3 Å². The second-order valence-corrected chi connectivity index (χ2v) is 22.3. The first-order valence-electron chi connectivity index (χ1n) is 24.9. The molecule has 0 fully saturated rings. The Kier molecular flexibility index (Phi) is 10.8. The molecule has 2 unspecified atom stereocenters. The summed E-state index contributed by atoms with van der Waals surface area (Å²) in [6, 6.07) is 73.5. The van der Waals surface area contributed by atoms with Crippen molar-refractivity contribution in [2.75, 3.05) is 4.90 Å². The van der Waals surface area contributed by atoms with Gasteiger partial charge in [0.2, 0.25) is 0 Å². The fraction of sp³-hybridized carbons (Fsp3) is 0.206. The van der Waals surface area contributed by atoms with E-state index in [1.807, 2.05) is 0 Å². The molecule has 11 rings (SSSR count). The molecule has 0 amide bonds. The van der Waals surface area contributed by atoms with E-state index in [0.29, 0.717) is 11.8 Å². The standard InChI is InChI=1S/C68H63N/c1-44-28-29-47-18-10-11-21-55(47)64(44)49-32-30-45(31-33-49)46-34-36-53(37-35-46)69(54-38-39-58-57-22-12-14-26-61(57)68(8,9)62(58)43-54)63-27-15-13-23-59(63)60-25-17-20-48-19-16-24-56(65(48)60)50-40-51(66(2,3)4)42-52(41-50)67(5,6)7/h10-44,64H,1-9H3. The third-order valence-corrected chi connectivity index (χ3v) is 15.3. The Bertz CT molecular complexity index is 3400. The molecule has 0 bridgehead atoms. The Morgan fingerprint density at radius 2 is 1.01 bits per heavy atom. The van der Waals surface area contributed by atoms with Crippen LogP contribution in [0.5, 0.6) is 0 Å². The molecule has 0 heterocycles. The highest BCUT2D eigenvalue weighted by molar-refractivity contribution is 6.09. The molecule has 0 N–H and O–H groups in total. The van der Waals surface area contributed by atoms with E-state index in [4.69, 9.17) is 0 Å². The zero-order valence-corrected chi connectivity index (χ0v) is 41.7. The van der Waals surface area contributed by atoms with Gasteiger partial charge in [-0.15, -0.1) is 0 Å². The zero-order valence-electron chi connectivity index (χ0n) is 41.7. The van der Waals surface area contributed by atoms with Gasteiger partial charge in [-0.3, -0.25) is 0 Å². The van der Waals surface area contributed by atoms with Gasteiger partial charge >= 0.3 is 0 Å². The second kappa shape index (κ2) is 16.8. The van der Waals surface area contributed by atoms with Gasteiger partial charge in [0.1, 0.15) is 0 Å². The Morgan fingerprint density at radius 3 is 1.71 bits per heavy atom. The predicted molar refractivity (Wildman–Crippen MR) is 296 cm³/mol. The molecule has 1 nitrogen and oxygen atoms in total. The Balaban J connectivity index is 1.06. The van der Waals surface area contributed by atoms with Crippen molar-refractivity contribution in [3.05, 3.63) is 239 Å². The van der Waals surface area contributed by atoms with E-state index < -0.39 is 0 Å². The summed E-state index contributed by atoms with van der Waals surface area (Å²) in [7, 11) is 0. The first kappa shape index (κ1) is 44.3. The number of hydrogen-bond acceptors (Lipinski definition) is 1. The number of benzene rings is 9. The maximum atomic E-state index is 2.50. The summed E-state index contributed by atoms with van der Waals surface area (Å²) < 4.78 is 0. The lowest BCUT2D eigenvalue weighted by molar-refractivity contribution is 0.569. The molecule has 2 aliphatic carbocycles. The van der Waals surface area contributed by atoms with Crippen LogP contribution in [0.4, 0.5) is 17.1 Å². The average Bonchev–Trinajstić information content (AvgIpc) is 3.58. The normalized spacial score (nSPS) is 16.0. The van der Waals surface area contributed by atoms with Crippen LogP contribution in [0.25, 0.3) is 61.4 Å². The number of hydrogen-bond donors (Lipinski definition) is 0. The molecule has 69 heavy (non-hydrogen) atoms. The van der Waals surface area contributed by atoms with E-state index in [9.17, 15) is 0 Å². The van der Waals surface area contributed by atoms with Crippen LogP contribution in [0.2, 0.25) is 0 Å². The van der Waals surface area contributed by atoms with Crippen molar-refractivity contribution in [3.8, 4) is 44.5 Å². The van der Waals surface area contributed by atoms with E-state index in [0.717, 1.165) is 17.1 Å². The van der Waals surface area contributed by atoms with Gasteiger partial charge < -0.3 is 4.90 Å². The summed E-state index contributed by atoms with van der Waals surface area (Å²) >= 11 is 0. The number of fused-ring (bicyclic) bond motifs is 5. The molecule has 340 valence electrons. The van der Waals surface area contributed by atoms with Crippen molar-refractivity contribution in [2.45, 2.75) is 84.5 Å². The van der Waals surface area contributed by atoms with E-state index in [-0.39, 0.29) is 16.2 Å². The summed E-state index contributed by atoms with van der Waals surface area (Å²) in [6.45, 7) is 21.1. The highest BCUT2D eigenvalue weighted by Crippen LogP contribution is 2.52. The van der Waals surface area contributed by atoms with E-state index in [2.05, 4.69) is 273 Å². The molecule has 0 saturated carbocycles. The molecule has 0 aliphatic heterocycles. The molecule has 9 aromatic rings. The summed E-state index contributed by atoms with van der Waals surface area (Å²) in [5.41, 5.74) is 22.8. The molecule has 9 aromatic carbocycles. The minimum absolute atomic E-state index is 0.000284. The molecule has 0 radical (unpaired) electrons. The molecular formula is C68H63N.